The van der Waals surface area contributed by atoms with Crippen molar-refractivity contribution in [2.75, 3.05) is 26.2 Å². The lowest BCUT2D eigenvalue weighted by Crippen LogP contribution is -2.60. The molecule has 1 aromatic heterocycles. The molecule has 2 heterocycles. The molecule has 0 saturated carbocycles. The lowest BCUT2D eigenvalue weighted by atomic mass is 10.1. The number of hydrogen-bond acceptors (Lipinski definition) is 4. The minimum absolute atomic E-state index is 0.216. The first-order valence-corrected chi connectivity index (χ1v) is 9.62. The van der Waals surface area contributed by atoms with Gasteiger partial charge in [-0.1, -0.05) is 30.3 Å². The van der Waals surface area contributed by atoms with Gasteiger partial charge in [-0.05, 0) is 25.0 Å². The zero-order valence-corrected chi connectivity index (χ0v) is 16.6. The smallest absolute Gasteiger partial charge is 0.368 e. The number of benzene rings is 1. The third kappa shape index (κ3) is 5.18. The maximum atomic E-state index is 12.8. The average Bonchev–Trinajstić information content (AvgIpc) is 3.07. The van der Waals surface area contributed by atoms with E-state index >= 15 is 0 Å². The Labute approximate surface area is 172 Å². The summed E-state index contributed by atoms with van der Waals surface area (Å²) in [4.78, 5) is 28.1. The number of amides is 2. The van der Waals surface area contributed by atoms with E-state index in [9.17, 15) is 22.8 Å². The first-order valence-electron chi connectivity index (χ1n) is 9.62. The molecule has 1 aliphatic rings. The van der Waals surface area contributed by atoms with E-state index in [1.54, 1.807) is 0 Å². The Balaban J connectivity index is 1.63. The molecule has 2 N–H and O–H groups in total. The molecule has 0 radical (unpaired) electrons. The van der Waals surface area contributed by atoms with E-state index in [1.165, 1.54) is 17.4 Å². The van der Waals surface area contributed by atoms with Crippen LogP contribution in [0.2, 0.25) is 0 Å². The first kappa shape index (κ1) is 21.8. The molecule has 1 saturated heterocycles. The number of nitrogens with two attached hydrogens (primary N) is 1. The van der Waals surface area contributed by atoms with Crippen LogP contribution in [0.1, 0.15) is 17.0 Å². The predicted octanol–water partition coefficient (Wildman–Crippen LogP) is 1.45. The van der Waals surface area contributed by atoms with E-state index < -0.39 is 29.7 Å². The van der Waals surface area contributed by atoms with Gasteiger partial charge in [0.2, 0.25) is 11.8 Å². The van der Waals surface area contributed by atoms with Crippen LogP contribution in [-0.4, -0.2) is 63.6 Å². The van der Waals surface area contributed by atoms with Gasteiger partial charge in [-0.15, -0.1) is 0 Å². The molecule has 0 bridgehead atoms. The molecule has 1 atom stereocenters. The second-order valence-corrected chi connectivity index (χ2v) is 7.37. The van der Waals surface area contributed by atoms with Crippen LogP contribution in [-0.2, 0) is 28.7 Å². The fraction of sp³-hybridized carbons (Fsp3) is 0.450. The molecule has 2 aromatic rings. The van der Waals surface area contributed by atoms with Gasteiger partial charge in [-0.2, -0.15) is 18.3 Å². The van der Waals surface area contributed by atoms with E-state index in [0.29, 0.717) is 19.6 Å². The van der Waals surface area contributed by atoms with Crippen molar-refractivity contribution < 1.29 is 22.8 Å². The van der Waals surface area contributed by atoms with Crippen LogP contribution in [0, 0.1) is 6.92 Å². The number of alkyl halides is 3. The van der Waals surface area contributed by atoms with Gasteiger partial charge in [-0.25, -0.2) is 0 Å². The Morgan fingerprint density at radius 3 is 2.50 bits per heavy atom. The fourth-order valence-electron chi connectivity index (χ4n) is 3.54. The second-order valence-electron chi connectivity index (χ2n) is 7.37. The van der Waals surface area contributed by atoms with Gasteiger partial charge >= 0.3 is 6.18 Å². The number of aryl methyl sites for hydroxylation is 1. The van der Waals surface area contributed by atoms with Crippen molar-refractivity contribution in [3.63, 3.8) is 0 Å². The van der Waals surface area contributed by atoms with Gasteiger partial charge in [0, 0.05) is 31.9 Å². The molecule has 10 heteroatoms. The van der Waals surface area contributed by atoms with E-state index in [4.69, 9.17) is 5.73 Å². The summed E-state index contributed by atoms with van der Waals surface area (Å²) in [6, 6.07) is 9.95. The number of carbonyl (C=O) groups is 2. The maximum Gasteiger partial charge on any atom is 0.435 e. The molecule has 7 nitrogen and oxygen atoms in total. The van der Waals surface area contributed by atoms with Crippen molar-refractivity contribution in [2.45, 2.75) is 32.1 Å². The summed E-state index contributed by atoms with van der Waals surface area (Å²) in [5.74, 6) is -1.12. The quantitative estimate of drug-likeness (QED) is 0.762. The Hall–Kier alpha value is -2.88. The summed E-state index contributed by atoms with van der Waals surface area (Å²) in [7, 11) is 0. The van der Waals surface area contributed by atoms with Crippen molar-refractivity contribution in [3.8, 4) is 0 Å². The van der Waals surface area contributed by atoms with Gasteiger partial charge in [0.15, 0.2) is 5.69 Å². The summed E-state index contributed by atoms with van der Waals surface area (Å²) in [5.41, 5.74) is 5.85. The van der Waals surface area contributed by atoms with E-state index in [0.717, 1.165) is 17.2 Å². The number of aromatic nitrogens is 2. The zero-order valence-electron chi connectivity index (χ0n) is 16.6. The summed E-state index contributed by atoms with van der Waals surface area (Å²) < 4.78 is 39.5. The summed E-state index contributed by atoms with van der Waals surface area (Å²) in [6.07, 6.45) is -3.79. The molecule has 0 aliphatic carbocycles. The lowest BCUT2D eigenvalue weighted by Gasteiger charge is -2.40. The highest BCUT2D eigenvalue weighted by molar-refractivity contribution is 5.87. The number of hydrogen-bond donors (Lipinski definition) is 1. The highest BCUT2D eigenvalue weighted by Gasteiger charge is 2.36. The first-order chi connectivity index (χ1) is 14.1. The molecular formula is C20H24F3N5O2. The topological polar surface area (TPSA) is 84.5 Å². The third-order valence-electron chi connectivity index (χ3n) is 5.23. The van der Waals surface area contributed by atoms with Crippen molar-refractivity contribution in [1.29, 1.82) is 0 Å². The molecule has 1 aromatic carbocycles. The summed E-state index contributed by atoms with van der Waals surface area (Å²) >= 11 is 0. The molecule has 3 rings (SSSR count). The Bertz CT molecular complexity index is 898. The van der Waals surface area contributed by atoms with E-state index in [2.05, 4.69) is 10.00 Å². The van der Waals surface area contributed by atoms with Gasteiger partial charge < -0.3 is 10.6 Å². The fourth-order valence-corrected chi connectivity index (χ4v) is 3.54. The van der Waals surface area contributed by atoms with Crippen molar-refractivity contribution >= 4 is 11.8 Å². The largest absolute Gasteiger partial charge is 0.435 e. The Kier molecular flexibility index (Phi) is 6.45. The van der Waals surface area contributed by atoms with Crippen LogP contribution < -0.4 is 5.73 Å². The highest BCUT2D eigenvalue weighted by atomic mass is 19.4. The predicted molar refractivity (Wildman–Crippen MR) is 103 cm³/mol. The van der Waals surface area contributed by atoms with Gasteiger partial charge in [0.25, 0.3) is 0 Å². The molecule has 30 heavy (non-hydrogen) atoms. The molecule has 162 valence electrons. The number of halogens is 3. The number of piperazine rings is 1. The number of carbonyl (C=O) groups excluding carboxylic acids is 2. The van der Waals surface area contributed by atoms with Gasteiger partial charge in [0.1, 0.15) is 12.6 Å². The average molecular weight is 423 g/mol. The number of nitrogens with zero attached hydrogens (tertiary/aromatic N) is 4. The minimum atomic E-state index is -4.58. The van der Waals surface area contributed by atoms with Crippen LogP contribution in [0.25, 0.3) is 0 Å². The normalized spacial score (nSPS) is 17.9. The van der Waals surface area contributed by atoms with E-state index in [1.807, 2.05) is 30.3 Å². The van der Waals surface area contributed by atoms with Gasteiger partial charge in [0.05, 0.1) is 0 Å². The zero-order chi connectivity index (χ0) is 21.9. The number of primary amides is 1. The minimum Gasteiger partial charge on any atom is -0.368 e. The Morgan fingerprint density at radius 1 is 1.20 bits per heavy atom. The van der Waals surface area contributed by atoms with Crippen LogP contribution >= 0.6 is 0 Å². The lowest BCUT2D eigenvalue weighted by molar-refractivity contribution is -0.144. The number of rotatable bonds is 6. The maximum absolute atomic E-state index is 12.8. The highest BCUT2D eigenvalue weighted by Crippen LogP contribution is 2.28. The third-order valence-corrected chi connectivity index (χ3v) is 5.23. The van der Waals surface area contributed by atoms with Crippen LogP contribution in [0.15, 0.2) is 36.4 Å². The molecule has 0 spiro atoms. The molecule has 1 aliphatic heterocycles. The molecule has 2 amide bonds. The molecular weight excluding hydrogens is 399 g/mol. The Morgan fingerprint density at radius 2 is 1.90 bits per heavy atom. The van der Waals surface area contributed by atoms with Crippen molar-refractivity contribution in [1.82, 2.24) is 19.6 Å². The second kappa shape index (κ2) is 8.86. The summed E-state index contributed by atoms with van der Waals surface area (Å²) in [5, 5.41) is 3.48. The van der Waals surface area contributed by atoms with Crippen LogP contribution in [0.3, 0.4) is 0 Å². The van der Waals surface area contributed by atoms with Crippen molar-refractivity contribution in [3.05, 3.63) is 53.3 Å². The SMILES string of the molecule is Cc1cc(C(F)(F)F)nn1CC(=O)N1CCN(CCc2ccccc2)CC1C(N)=O. The van der Waals surface area contributed by atoms with E-state index in [-0.39, 0.29) is 18.8 Å². The van der Waals surface area contributed by atoms with Crippen LogP contribution in [0.5, 0.6) is 0 Å². The standard InChI is InChI=1S/C20H24F3N5O2/c1-14-11-17(20(21,22)23)25-28(14)13-18(29)27-10-9-26(12-16(27)19(24)30)8-7-15-5-3-2-4-6-15/h2-6,11,16H,7-10,12-13H2,1H3,(H2,24,30). The van der Waals surface area contributed by atoms with Crippen molar-refractivity contribution in [2.24, 2.45) is 5.73 Å². The monoisotopic (exact) mass is 423 g/mol. The van der Waals surface area contributed by atoms with Gasteiger partial charge in [-0.3, -0.25) is 19.2 Å². The van der Waals surface area contributed by atoms with Crippen LogP contribution in [0.4, 0.5) is 13.2 Å². The summed E-state index contributed by atoms with van der Waals surface area (Å²) in [6.45, 7) is 2.89. The molecule has 1 fully saturated rings. The molecule has 1 unspecified atom stereocenters.